The number of hydrogen-bond donors (Lipinski definition) is 1. The second-order valence-electron chi connectivity index (χ2n) is 3.48. The van der Waals surface area contributed by atoms with E-state index in [9.17, 15) is 9.18 Å². The highest BCUT2D eigenvalue weighted by atomic mass is 79.9. The Bertz CT molecular complexity index is 410. The van der Waals surface area contributed by atoms with Gasteiger partial charge in [0.2, 0.25) is 0 Å². The molecule has 1 fully saturated rings. The third-order valence-corrected chi connectivity index (χ3v) is 3.04. The van der Waals surface area contributed by atoms with Crippen LogP contribution in [0.2, 0.25) is 0 Å². The van der Waals surface area contributed by atoms with E-state index in [4.69, 9.17) is 0 Å². The minimum atomic E-state index is -0.286. The van der Waals surface area contributed by atoms with Crippen LogP contribution < -0.4 is 5.32 Å². The molecule has 1 atom stereocenters. The number of rotatable bonds is 1. The molecule has 3 nitrogen and oxygen atoms in total. The molecule has 0 aromatic heterocycles. The Balaban J connectivity index is 2.37. The number of likely N-dealkylation sites (N-methyl/N-ethyl adjacent to an activating group) is 1. The molecule has 2 rings (SSSR count). The van der Waals surface area contributed by atoms with Gasteiger partial charge in [0.15, 0.2) is 0 Å². The predicted molar refractivity (Wildman–Crippen MR) is 58.0 cm³/mol. The van der Waals surface area contributed by atoms with Gasteiger partial charge in [0.05, 0.1) is 6.04 Å². The van der Waals surface area contributed by atoms with Crippen molar-refractivity contribution < 1.29 is 9.18 Å². The lowest BCUT2D eigenvalue weighted by atomic mass is 10.1. The zero-order valence-corrected chi connectivity index (χ0v) is 9.71. The summed E-state index contributed by atoms with van der Waals surface area (Å²) < 4.78 is 14.3. The van der Waals surface area contributed by atoms with Gasteiger partial charge in [0.25, 0.3) is 0 Å². The standard InChI is InChI=1S/C10H10BrFN2O/c1-14-9(5-13-10(14)15)7-4-6(11)2-3-8(7)12/h2-4,9H,5H2,1H3,(H,13,15). The number of urea groups is 1. The fraction of sp³-hybridized carbons (Fsp3) is 0.300. The van der Waals surface area contributed by atoms with Gasteiger partial charge in [-0.05, 0) is 18.2 Å². The maximum atomic E-state index is 13.5. The molecule has 1 N–H and O–H groups in total. The van der Waals surface area contributed by atoms with Crippen molar-refractivity contribution in [1.29, 1.82) is 0 Å². The molecular weight excluding hydrogens is 263 g/mol. The van der Waals surface area contributed by atoms with Crippen molar-refractivity contribution in [2.45, 2.75) is 6.04 Å². The molecule has 15 heavy (non-hydrogen) atoms. The van der Waals surface area contributed by atoms with Crippen molar-refractivity contribution in [2.24, 2.45) is 0 Å². The number of amides is 2. The summed E-state index contributed by atoms with van der Waals surface area (Å²) in [7, 11) is 1.66. The molecule has 2 amide bonds. The quantitative estimate of drug-likeness (QED) is 0.836. The first-order chi connectivity index (χ1) is 7.09. The van der Waals surface area contributed by atoms with Gasteiger partial charge in [0, 0.05) is 23.6 Å². The van der Waals surface area contributed by atoms with Crippen molar-refractivity contribution in [3.05, 3.63) is 34.1 Å². The maximum Gasteiger partial charge on any atom is 0.317 e. The molecule has 1 aromatic carbocycles. The molecule has 1 aromatic rings. The van der Waals surface area contributed by atoms with E-state index in [1.807, 2.05) is 0 Å². The zero-order chi connectivity index (χ0) is 11.0. The van der Waals surface area contributed by atoms with E-state index in [1.165, 1.54) is 11.0 Å². The van der Waals surface area contributed by atoms with Crippen LogP contribution in [-0.4, -0.2) is 24.5 Å². The SMILES string of the molecule is CN1C(=O)NCC1c1cc(Br)ccc1F. The van der Waals surface area contributed by atoms with E-state index >= 15 is 0 Å². The van der Waals surface area contributed by atoms with Crippen LogP contribution >= 0.6 is 15.9 Å². The third-order valence-electron chi connectivity index (χ3n) is 2.55. The first-order valence-corrected chi connectivity index (χ1v) is 5.34. The van der Waals surface area contributed by atoms with Crippen LogP contribution in [0.5, 0.6) is 0 Å². The van der Waals surface area contributed by atoms with Crippen molar-refractivity contribution in [3.63, 3.8) is 0 Å². The van der Waals surface area contributed by atoms with Crippen LogP contribution in [-0.2, 0) is 0 Å². The van der Waals surface area contributed by atoms with E-state index in [-0.39, 0.29) is 17.9 Å². The fourth-order valence-corrected chi connectivity index (χ4v) is 2.05. The molecule has 5 heteroatoms. The van der Waals surface area contributed by atoms with Gasteiger partial charge in [-0.2, -0.15) is 0 Å². The first-order valence-electron chi connectivity index (χ1n) is 4.55. The molecule has 1 aliphatic rings. The first kappa shape index (κ1) is 10.4. The molecule has 0 spiro atoms. The average Bonchev–Trinajstić information content (AvgIpc) is 2.52. The molecule has 80 valence electrons. The highest BCUT2D eigenvalue weighted by Crippen LogP contribution is 2.27. The molecule has 0 radical (unpaired) electrons. The molecular formula is C10H10BrFN2O. The van der Waals surface area contributed by atoms with Gasteiger partial charge in [-0.3, -0.25) is 0 Å². The summed E-state index contributed by atoms with van der Waals surface area (Å²) in [5, 5.41) is 2.67. The zero-order valence-electron chi connectivity index (χ0n) is 8.13. The lowest BCUT2D eigenvalue weighted by molar-refractivity contribution is 0.216. The highest BCUT2D eigenvalue weighted by molar-refractivity contribution is 9.10. The molecule has 0 aliphatic carbocycles. The summed E-state index contributed by atoms with van der Waals surface area (Å²) >= 11 is 3.29. The number of carbonyl (C=O) groups excluding carboxylic acids is 1. The molecule has 1 aliphatic heterocycles. The fourth-order valence-electron chi connectivity index (χ4n) is 1.68. The van der Waals surface area contributed by atoms with Crippen molar-refractivity contribution in [3.8, 4) is 0 Å². The summed E-state index contributed by atoms with van der Waals surface area (Å²) in [4.78, 5) is 12.7. The second kappa shape index (κ2) is 3.81. The van der Waals surface area contributed by atoms with Crippen LogP contribution in [0, 0.1) is 5.82 Å². The number of nitrogens with zero attached hydrogens (tertiary/aromatic N) is 1. The Morgan fingerprint density at radius 1 is 1.60 bits per heavy atom. The van der Waals surface area contributed by atoms with Crippen LogP contribution in [0.4, 0.5) is 9.18 Å². The number of hydrogen-bond acceptors (Lipinski definition) is 1. The molecule has 0 bridgehead atoms. The summed E-state index contributed by atoms with van der Waals surface area (Å²) in [5.74, 6) is -0.286. The summed E-state index contributed by atoms with van der Waals surface area (Å²) in [6, 6.07) is 4.35. The number of carbonyl (C=O) groups is 1. The predicted octanol–water partition coefficient (Wildman–Crippen LogP) is 2.28. The van der Waals surface area contributed by atoms with E-state index < -0.39 is 0 Å². The lowest BCUT2D eigenvalue weighted by Crippen LogP contribution is -2.25. The van der Waals surface area contributed by atoms with Crippen molar-refractivity contribution >= 4 is 22.0 Å². The minimum Gasteiger partial charge on any atom is -0.336 e. The Morgan fingerprint density at radius 3 is 2.93 bits per heavy atom. The van der Waals surface area contributed by atoms with Crippen molar-refractivity contribution in [1.82, 2.24) is 10.2 Å². The maximum absolute atomic E-state index is 13.5. The normalized spacial score (nSPS) is 20.6. The minimum absolute atomic E-state index is 0.167. The van der Waals surface area contributed by atoms with Gasteiger partial charge in [0.1, 0.15) is 5.82 Å². The lowest BCUT2D eigenvalue weighted by Gasteiger charge is -2.18. The van der Waals surface area contributed by atoms with Crippen LogP contribution in [0.1, 0.15) is 11.6 Å². The third kappa shape index (κ3) is 1.84. The monoisotopic (exact) mass is 272 g/mol. The molecule has 1 heterocycles. The average molecular weight is 273 g/mol. The summed E-state index contributed by atoms with van der Waals surface area (Å²) in [6.07, 6.45) is 0. The van der Waals surface area contributed by atoms with Gasteiger partial charge >= 0.3 is 6.03 Å². The smallest absolute Gasteiger partial charge is 0.317 e. The molecule has 0 saturated carbocycles. The number of halogens is 2. The second-order valence-corrected chi connectivity index (χ2v) is 4.39. The van der Waals surface area contributed by atoms with Gasteiger partial charge in [-0.15, -0.1) is 0 Å². The van der Waals surface area contributed by atoms with Crippen LogP contribution in [0.3, 0.4) is 0 Å². The van der Waals surface area contributed by atoms with Gasteiger partial charge in [-0.1, -0.05) is 15.9 Å². The highest BCUT2D eigenvalue weighted by Gasteiger charge is 2.30. The summed E-state index contributed by atoms with van der Waals surface area (Å²) in [5.41, 5.74) is 0.533. The Labute approximate surface area is 95.4 Å². The molecule has 1 saturated heterocycles. The van der Waals surface area contributed by atoms with E-state index in [0.29, 0.717) is 12.1 Å². The van der Waals surface area contributed by atoms with Crippen LogP contribution in [0.15, 0.2) is 22.7 Å². The molecule has 1 unspecified atom stereocenters. The topological polar surface area (TPSA) is 32.3 Å². The van der Waals surface area contributed by atoms with Gasteiger partial charge in [-0.25, -0.2) is 9.18 Å². The Hall–Kier alpha value is -1.10. The largest absolute Gasteiger partial charge is 0.336 e. The Kier molecular flexibility index (Phi) is 2.65. The van der Waals surface area contributed by atoms with Gasteiger partial charge < -0.3 is 10.2 Å². The number of benzene rings is 1. The summed E-state index contributed by atoms with van der Waals surface area (Å²) in [6.45, 7) is 0.447. The van der Waals surface area contributed by atoms with E-state index in [1.54, 1.807) is 19.2 Å². The Morgan fingerprint density at radius 2 is 2.33 bits per heavy atom. The van der Waals surface area contributed by atoms with Crippen LogP contribution in [0.25, 0.3) is 0 Å². The number of nitrogens with one attached hydrogen (secondary N) is 1. The van der Waals surface area contributed by atoms with E-state index in [0.717, 1.165) is 4.47 Å². The van der Waals surface area contributed by atoms with Crippen molar-refractivity contribution in [2.75, 3.05) is 13.6 Å². The van der Waals surface area contributed by atoms with E-state index in [2.05, 4.69) is 21.2 Å².